The maximum atomic E-state index is 14.0. The van der Waals surface area contributed by atoms with Crippen LogP contribution in [0.3, 0.4) is 0 Å². The number of thioether (sulfide) groups is 1. The Hall–Kier alpha value is -2.24. The van der Waals surface area contributed by atoms with Gasteiger partial charge in [0.15, 0.2) is 5.76 Å². The first-order chi connectivity index (χ1) is 12.6. The Kier molecular flexibility index (Phi) is 6.01. The van der Waals surface area contributed by atoms with Gasteiger partial charge in [0.25, 0.3) is 5.91 Å². The van der Waals surface area contributed by atoms with E-state index in [2.05, 4.69) is 0 Å². The Morgan fingerprint density at radius 1 is 1.15 bits per heavy atom. The van der Waals surface area contributed by atoms with Gasteiger partial charge in [-0.05, 0) is 30.3 Å². The largest absolute Gasteiger partial charge is 0.459 e. The zero-order chi connectivity index (χ0) is 18.5. The Morgan fingerprint density at radius 2 is 1.92 bits per heavy atom. The van der Waals surface area contributed by atoms with E-state index in [9.17, 15) is 9.18 Å². The number of carbonyl (C=O) groups excluding carboxylic acids is 1. The topological polar surface area (TPSA) is 33.5 Å². The molecule has 26 heavy (non-hydrogen) atoms. The van der Waals surface area contributed by atoms with Crippen LogP contribution in [0, 0.1) is 5.82 Å². The number of carbonyl (C=O) groups is 1. The van der Waals surface area contributed by atoms with Gasteiger partial charge in [0.05, 0.1) is 12.8 Å². The summed E-state index contributed by atoms with van der Waals surface area (Å²) in [5.74, 6) is 0.133. The monoisotopic (exact) mass is 389 g/mol. The number of hydrogen-bond acceptors (Lipinski definition) is 3. The quantitative estimate of drug-likeness (QED) is 0.512. The highest BCUT2D eigenvalue weighted by Crippen LogP contribution is 2.26. The Bertz CT molecular complexity index is 878. The first-order valence-electron chi connectivity index (χ1n) is 7.99. The third kappa shape index (κ3) is 4.29. The number of halogens is 2. The Morgan fingerprint density at radius 3 is 2.65 bits per heavy atom. The van der Waals surface area contributed by atoms with Crippen molar-refractivity contribution in [2.24, 2.45) is 0 Å². The molecule has 0 aliphatic carbocycles. The summed E-state index contributed by atoms with van der Waals surface area (Å²) in [6.45, 7) is 0.0658. The number of furan rings is 1. The van der Waals surface area contributed by atoms with Gasteiger partial charge in [-0.2, -0.15) is 0 Å². The van der Waals surface area contributed by atoms with Crippen LogP contribution in [0.25, 0.3) is 0 Å². The Labute approximate surface area is 160 Å². The molecule has 3 aromatic rings. The molecular formula is C20H17ClFNO2S. The molecule has 6 heteroatoms. The molecular weight excluding hydrogens is 373 g/mol. The van der Waals surface area contributed by atoms with Crippen molar-refractivity contribution in [1.82, 2.24) is 4.90 Å². The minimum Gasteiger partial charge on any atom is -0.459 e. The molecule has 0 aliphatic heterocycles. The van der Waals surface area contributed by atoms with Gasteiger partial charge in [-0.1, -0.05) is 35.9 Å². The standard InChI is InChI=1S/C20H17ClFNO2S/c1-23(12-16-17(21)8-5-9-18(16)22)20(24)19-14(10-11-25-19)13-26-15-6-3-2-4-7-15/h2-11H,12-13H2,1H3. The zero-order valence-electron chi connectivity index (χ0n) is 14.1. The fourth-order valence-electron chi connectivity index (χ4n) is 2.48. The van der Waals surface area contributed by atoms with Crippen molar-refractivity contribution in [1.29, 1.82) is 0 Å². The van der Waals surface area contributed by atoms with Crippen LogP contribution in [0.1, 0.15) is 21.7 Å². The second-order valence-electron chi connectivity index (χ2n) is 5.74. The second kappa shape index (κ2) is 8.43. The van der Waals surface area contributed by atoms with Crippen molar-refractivity contribution in [3.63, 3.8) is 0 Å². The van der Waals surface area contributed by atoms with Gasteiger partial charge in [0.1, 0.15) is 5.82 Å². The number of nitrogens with zero attached hydrogens (tertiary/aromatic N) is 1. The first-order valence-corrected chi connectivity index (χ1v) is 9.35. The zero-order valence-corrected chi connectivity index (χ0v) is 15.7. The van der Waals surface area contributed by atoms with Gasteiger partial charge < -0.3 is 9.32 Å². The smallest absolute Gasteiger partial charge is 0.289 e. The van der Waals surface area contributed by atoms with Crippen molar-refractivity contribution in [2.45, 2.75) is 17.2 Å². The van der Waals surface area contributed by atoms with Gasteiger partial charge in [0, 0.05) is 33.8 Å². The fraction of sp³-hybridized carbons (Fsp3) is 0.150. The average Bonchev–Trinajstić information content (AvgIpc) is 3.11. The second-order valence-corrected chi connectivity index (χ2v) is 7.19. The third-order valence-electron chi connectivity index (χ3n) is 3.88. The number of hydrogen-bond donors (Lipinski definition) is 0. The molecule has 1 amide bonds. The van der Waals surface area contributed by atoms with E-state index in [1.165, 1.54) is 23.3 Å². The van der Waals surface area contributed by atoms with Crippen molar-refractivity contribution >= 4 is 29.3 Å². The van der Waals surface area contributed by atoms with Crippen LogP contribution in [0.2, 0.25) is 5.02 Å². The molecule has 0 atom stereocenters. The van der Waals surface area contributed by atoms with E-state index >= 15 is 0 Å². The van der Waals surface area contributed by atoms with Gasteiger partial charge in [-0.15, -0.1) is 11.8 Å². The lowest BCUT2D eigenvalue weighted by atomic mass is 10.2. The van der Waals surface area contributed by atoms with Crippen LogP contribution in [0.4, 0.5) is 4.39 Å². The lowest BCUT2D eigenvalue weighted by molar-refractivity contribution is 0.0751. The van der Waals surface area contributed by atoms with Crippen LogP contribution in [-0.2, 0) is 12.3 Å². The molecule has 0 saturated heterocycles. The van der Waals surface area contributed by atoms with E-state index in [1.807, 2.05) is 30.3 Å². The maximum Gasteiger partial charge on any atom is 0.289 e. The van der Waals surface area contributed by atoms with Crippen molar-refractivity contribution in [2.75, 3.05) is 7.05 Å². The summed E-state index contributed by atoms with van der Waals surface area (Å²) in [5, 5.41) is 0.295. The van der Waals surface area contributed by atoms with E-state index in [0.29, 0.717) is 10.8 Å². The molecule has 0 fully saturated rings. The van der Waals surface area contributed by atoms with Crippen LogP contribution in [0.15, 0.2) is 70.2 Å². The van der Waals surface area contributed by atoms with Crippen LogP contribution >= 0.6 is 23.4 Å². The average molecular weight is 390 g/mol. The van der Waals surface area contributed by atoms with Gasteiger partial charge in [0.2, 0.25) is 0 Å². The maximum absolute atomic E-state index is 14.0. The molecule has 0 unspecified atom stereocenters. The number of amides is 1. The highest BCUT2D eigenvalue weighted by Gasteiger charge is 2.21. The molecule has 0 N–H and O–H groups in total. The summed E-state index contributed by atoms with van der Waals surface area (Å²) in [5.41, 5.74) is 1.09. The lowest BCUT2D eigenvalue weighted by Gasteiger charge is -2.18. The van der Waals surface area contributed by atoms with Gasteiger partial charge in [-0.25, -0.2) is 4.39 Å². The van der Waals surface area contributed by atoms with E-state index in [0.717, 1.165) is 10.5 Å². The molecule has 1 heterocycles. The van der Waals surface area contributed by atoms with Crippen LogP contribution in [0.5, 0.6) is 0 Å². The molecule has 0 aliphatic rings. The molecule has 1 aromatic heterocycles. The SMILES string of the molecule is CN(Cc1c(F)cccc1Cl)C(=O)c1occc1CSc1ccccc1. The van der Waals surface area contributed by atoms with Crippen LogP contribution in [-0.4, -0.2) is 17.9 Å². The summed E-state index contributed by atoms with van der Waals surface area (Å²) < 4.78 is 19.4. The van der Waals surface area contributed by atoms with Gasteiger partial charge in [-0.3, -0.25) is 4.79 Å². The number of rotatable bonds is 6. The highest BCUT2D eigenvalue weighted by molar-refractivity contribution is 7.98. The molecule has 0 radical (unpaired) electrons. The molecule has 3 nitrogen and oxygen atoms in total. The molecule has 134 valence electrons. The summed E-state index contributed by atoms with van der Waals surface area (Å²) in [4.78, 5) is 15.2. The normalized spacial score (nSPS) is 10.7. The van der Waals surface area contributed by atoms with Crippen molar-refractivity contribution in [3.05, 3.63) is 88.6 Å². The summed E-state index contributed by atoms with van der Waals surface area (Å²) in [6, 6.07) is 16.2. The Balaban J connectivity index is 1.71. The first kappa shape index (κ1) is 18.5. The summed E-state index contributed by atoms with van der Waals surface area (Å²) >= 11 is 7.67. The predicted octanol–water partition coefficient (Wildman–Crippen LogP) is 5.64. The molecule has 0 bridgehead atoms. The van der Waals surface area contributed by atoms with Gasteiger partial charge >= 0.3 is 0 Å². The summed E-state index contributed by atoms with van der Waals surface area (Å²) in [6.07, 6.45) is 1.50. The predicted molar refractivity (Wildman–Crippen MR) is 102 cm³/mol. The third-order valence-corrected chi connectivity index (χ3v) is 5.30. The highest BCUT2D eigenvalue weighted by atomic mass is 35.5. The van der Waals surface area contributed by atoms with E-state index in [4.69, 9.17) is 16.0 Å². The number of benzene rings is 2. The molecule has 0 saturated carbocycles. The summed E-state index contributed by atoms with van der Waals surface area (Å²) in [7, 11) is 1.60. The molecule has 3 rings (SSSR count). The van der Waals surface area contributed by atoms with Crippen molar-refractivity contribution < 1.29 is 13.6 Å². The van der Waals surface area contributed by atoms with E-state index < -0.39 is 5.82 Å². The van der Waals surface area contributed by atoms with Crippen molar-refractivity contribution in [3.8, 4) is 0 Å². The van der Waals surface area contributed by atoms with Crippen LogP contribution < -0.4 is 0 Å². The fourth-order valence-corrected chi connectivity index (χ4v) is 3.60. The lowest BCUT2D eigenvalue weighted by Crippen LogP contribution is -2.27. The molecule has 0 spiro atoms. The molecule has 2 aromatic carbocycles. The minimum absolute atomic E-state index is 0.0658. The minimum atomic E-state index is -0.434. The van der Waals surface area contributed by atoms with E-state index in [1.54, 1.807) is 30.9 Å². The van der Waals surface area contributed by atoms with E-state index in [-0.39, 0.29) is 23.8 Å².